The molecule has 138 valence electrons. The molecule has 27 heavy (non-hydrogen) atoms. The number of hydrogen-bond acceptors (Lipinski definition) is 5. The minimum atomic E-state index is -0.567. The molecule has 1 aromatic heterocycles. The highest BCUT2D eigenvalue weighted by atomic mass is 79.9. The fourth-order valence-corrected chi connectivity index (χ4v) is 3.40. The van der Waals surface area contributed by atoms with Crippen molar-refractivity contribution in [1.82, 2.24) is 15.8 Å². The lowest BCUT2D eigenvalue weighted by molar-refractivity contribution is -0.120. The highest BCUT2D eigenvalue weighted by Crippen LogP contribution is 2.37. The number of benzene rings is 2. The molecule has 1 amide bonds. The van der Waals surface area contributed by atoms with E-state index in [-0.39, 0.29) is 23.4 Å². The third-order valence-electron chi connectivity index (χ3n) is 4.44. The van der Waals surface area contributed by atoms with Gasteiger partial charge >= 0.3 is 0 Å². The summed E-state index contributed by atoms with van der Waals surface area (Å²) in [6.45, 7) is 0. The van der Waals surface area contributed by atoms with Crippen LogP contribution in [-0.2, 0) is 4.79 Å². The predicted octanol–water partition coefficient (Wildman–Crippen LogP) is 3.99. The molecule has 2 unspecified atom stereocenters. The van der Waals surface area contributed by atoms with Crippen molar-refractivity contribution in [2.24, 2.45) is 10.2 Å². The lowest BCUT2D eigenvalue weighted by atomic mass is 10.0. The molecular weight excluding hydrogens is 417 g/mol. The lowest BCUT2D eigenvalue weighted by Crippen LogP contribution is -2.35. The van der Waals surface area contributed by atoms with Crippen LogP contribution in [0.3, 0.4) is 0 Å². The van der Waals surface area contributed by atoms with Gasteiger partial charge in [0.15, 0.2) is 5.69 Å². The third kappa shape index (κ3) is 3.61. The Morgan fingerprint density at radius 1 is 1.19 bits per heavy atom. The zero-order valence-electron chi connectivity index (χ0n) is 13.9. The standard InChI is InChI=1S/C18H15BrFN5O2/c19-10-3-6-13-12(7-10)16(18(27)21-13)24-25-17(26)15-8-14(22-23-15)9-1-4-11(20)5-2-9/h1-7,14-15,21-23,27H,8H2. The van der Waals surface area contributed by atoms with Crippen LogP contribution in [0, 0.1) is 5.82 Å². The Labute approximate surface area is 161 Å². The van der Waals surface area contributed by atoms with Crippen LogP contribution in [0.5, 0.6) is 5.88 Å². The Balaban J connectivity index is 1.49. The van der Waals surface area contributed by atoms with Crippen molar-refractivity contribution in [3.8, 4) is 5.88 Å². The Hall–Kier alpha value is -2.62. The van der Waals surface area contributed by atoms with E-state index >= 15 is 0 Å². The first-order valence-electron chi connectivity index (χ1n) is 8.23. The summed E-state index contributed by atoms with van der Waals surface area (Å²) < 4.78 is 13.9. The number of hydrazine groups is 1. The van der Waals surface area contributed by atoms with E-state index in [9.17, 15) is 14.3 Å². The number of hydrogen-bond donors (Lipinski definition) is 4. The molecule has 0 spiro atoms. The lowest BCUT2D eigenvalue weighted by Gasteiger charge is -2.08. The van der Waals surface area contributed by atoms with Gasteiger partial charge in [-0.1, -0.05) is 28.1 Å². The van der Waals surface area contributed by atoms with Crippen molar-refractivity contribution in [1.29, 1.82) is 0 Å². The smallest absolute Gasteiger partial charge is 0.282 e. The number of amides is 1. The van der Waals surface area contributed by atoms with Crippen LogP contribution in [0.2, 0.25) is 0 Å². The molecule has 1 aliphatic heterocycles. The van der Waals surface area contributed by atoms with E-state index in [1.165, 1.54) is 12.1 Å². The summed E-state index contributed by atoms with van der Waals surface area (Å²) in [5, 5.41) is 18.4. The van der Waals surface area contributed by atoms with Gasteiger partial charge in [0.25, 0.3) is 5.91 Å². The Morgan fingerprint density at radius 2 is 1.96 bits per heavy atom. The maximum Gasteiger partial charge on any atom is 0.282 e. The molecule has 4 N–H and O–H groups in total. The molecular formula is C18H15BrFN5O2. The van der Waals surface area contributed by atoms with E-state index < -0.39 is 11.9 Å². The zero-order chi connectivity index (χ0) is 19.0. The van der Waals surface area contributed by atoms with E-state index in [1.54, 1.807) is 24.3 Å². The van der Waals surface area contributed by atoms with Gasteiger partial charge in [-0.05, 0) is 42.3 Å². The number of H-pyrrole nitrogens is 1. The number of aromatic nitrogens is 1. The third-order valence-corrected chi connectivity index (χ3v) is 4.93. The van der Waals surface area contributed by atoms with E-state index in [1.807, 2.05) is 6.07 Å². The van der Waals surface area contributed by atoms with Gasteiger partial charge in [0.2, 0.25) is 5.88 Å². The number of carbonyl (C=O) groups is 1. The first-order chi connectivity index (χ1) is 13.0. The molecule has 1 saturated heterocycles. The monoisotopic (exact) mass is 431 g/mol. The van der Waals surface area contributed by atoms with Crippen molar-refractivity contribution in [3.05, 3.63) is 58.3 Å². The first-order valence-corrected chi connectivity index (χ1v) is 9.03. The highest BCUT2D eigenvalue weighted by molar-refractivity contribution is 9.10. The Morgan fingerprint density at radius 3 is 2.74 bits per heavy atom. The summed E-state index contributed by atoms with van der Waals surface area (Å²) in [5.74, 6) is -0.923. The molecule has 2 aromatic carbocycles. The molecule has 0 aliphatic carbocycles. The van der Waals surface area contributed by atoms with Gasteiger partial charge in [0.1, 0.15) is 11.9 Å². The molecule has 1 fully saturated rings. The summed E-state index contributed by atoms with van der Waals surface area (Å²) >= 11 is 3.37. The van der Waals surface area contributed by atoms with E-state index in [0.717, 1.165) is 10.0 Å². The van der Waals surface area contributed by atoms with E-state index in [0.29, 0.717) is 17.3 Å². The molecule has 0 radical (unpaired) electrons. The SMILES string of the molecule is O=C(N=Nc1c(O)[nH]c2ccc(Br)cc12)C1CC(c2ccc(F)cc2)NN1. The van der Waals surface area contributed by atoms with Crippen LogP contribution < -0.4 is 10.9 Å². The van der Waals surface area contributed by atoms with Crippen LogP contribution in [0.25, 0.3) is 10.9 Å². The van der Waals surface area contributed by atoms with Crippen molar-refractivity contribution in [2.75, 3.05) is 0 Å². The second-order valence-electron chi connectivity index (χ2n) is 6.23. The topological polar surface area (TPSA) is 102 Å². The van der Waals surface area contributed by atoms with Crippen LogP contribution in [0.15, 0.2) is 57.2 Å². The van der Waals surface area contributed by atoms with Gasteiger partial charge in [-0.3, -0.25) is 4.79 Å². The fourth-order valence-electron chi connectivity index (χ4n) is 3.04. The van der Waals surface area contributed by atoms with Gasteiger partial charge in [0, 0.05) is 15.9 Å². The van der Waals surface area contributed by atoms with Gasteiger partial charge in [0.05, 0.1) is 5.52 Å². The average molecular weight is 432 g/mol. The van der Waals surface area contributed by atoms with Crippen molar-refractivity contribution in [3.63, 3.8) is 0 Å². The molecule has 1 aliphatic rings. The molecule has 4 rings (SSSR count). The summed E-state index contributed by atoms with van der Waals surface area (Å²) in [6.07, 6.45) is 0.453. The van der Waals surface area contributed by atoms with Gasteiger partial charge in [-0.2, -0.15) is 0 Å². The minimum absolute atomic E-state index is 0.132. The van der Waals surface area contributed by atoms with Crippen molar-refractivity contribution < 1.29 is 14.3 Å². The maximum atomic E-state index is 13.0. The van der Waals surface area contributed by atoms with E-state index in [2.05, 4.69) is 42.0 Å². The molecule has 3 aromatic rings. The number of nitrogens with zero attached hydrogens (tertiary/aromatic N) is 2. The largest absolute Gasteiger partial charge is 0.493 e. The number of aromatic amines is 1. The molecule has 9 heteroatoms. The molecule has 2 atom stereocenters. The maximum absolute atomic E-state index is 13.0. The zero-order valence-corrected chi connectivity index (χ0v) is 15.5. The van der Waals surface area contributed by atoms with Gasteiger partial charge < -0.3 is 10.1 Å². The highest BCUT2D eigenvalue weighted by Gasteiger charge is 2.30. The quantitative estimate of drug-likeness (QED) is 0.470. The average Bonchev–Trinajstić information content (AvgIpc) is 3.25. The number of aromatic hydroxyl groups is 1. The molecule has 2 heterocycles. The van der Waals surface area contributed by atoms with Crippen LogP contribution in [0.4, 0.5) is 10.1 Å². The fraction of sp³-hybridized carbons (Fsp3) is 0.167. The number of carbonyl (C=O) groups excluding carboxylic acids is 1. The van der Waals surface area contributed by atoms with Crippen molar-refractivity contribution in [2.45, 2.75) is 18.5 Å². The van der Waals surface area contributed by atoms with E-state index in [4.69, 9.17) is 0 Å². The summed E-state index contributed by atoms with van der Waals surface area (Å²) in [6, 6.07) is 10.8. The second kappa shape index (κ2) is 7.18. The molecule has 7 nitrogen and oxygen atoms in total. The van der Waals surface area contributed by atoms with Crippen LogP contribution in [-0.4, -0.2) is 22.0 Å². The number of rotatable bonds is 3. The predicted molar refractivity (Wildman–Crippen MR) is 101 cm³/mol. The van der Waals surface area contributed by atoms with Gasteiger partial charge in [-0.25, -0.2) is 15.2 Å². The van der Waals surface area contributed by atoms with Crippen molar-refractivity contribution >= 4 is 38.4 Å². The van der Waals surface area contributed by atoms with Gasteiger partial charge in [-0.15, -0.1) is 10.2 Å². The molecule has 0 saturated carbocycles. The number of nitrogens with one attached hydrogen (secondary N) is 3. The second-order valence-corrected chi connectivity index (χ2v) is 7.15. The normalized spacial score (nSPS) is 19.9. The number of azo groups is 1. The first kappa shape index (κ1) is 17.8. The number of fused-ring (bicyclic) bond motifs is 1. The number of halogens is 2. The summed E-state index contributed by atoms with van der Waals surface area (Å²) in [5.41, 5.74) is 7.66. The van der Waals surface area contributed by atoms with Crippen LogP contribution >= 0.6 is 15.9 Å². The Kier molecular flexibility index (Phi) is 4.73. The summed E-state index contributed by atoms with van der Waals surface area (Å²) in [4.78, 5) is 15.2. The molecule has 0 bridgehead atoms. The minimum Gasteiger partial charge on any atom is -0.493 e. The van der Waals surface area contributed by atoms with Crippen LogP contribution in [0.1, 0.15) is 18.0 Å². The Bertz CT molecular complexity index is 1030. The summed E-state index contributed by atoms with van der Waals surface area (Å²) in [7, 11) is 0.